The fourth-order valence-corrected chi connectivity index (χ4v) is 4.17. The van der Waals surface area contributed by atoms with Crippen LogP contribution in [0.15, 0.2) is 58.3 Å². The molecule has 0 aromatic heterocycles. The number of allylic oxidation sites excluding steroid dienone is 4. The first-order valence-electron chi connectivity index (χ1n) is 8.44. The number of benzene rings is 1. The van der Waals surface area contributed by atoms with Crippen molar-refractivity contribution < 1.29 is 4.79 Å². The lowest BCUT2D eigenvalue weighted by atomic mass is 10.1. The van der Waals surface area contributed by atoms with E-state index in [9.17, 15) is 4.79 Å². The van der Waals surface area contributed by atoms with Gasteiger partial charge in [-0.25, -0.2) is 4.79 Å². The summed E-state index contributed by atoms with van der Waals surface area (Å²) in [4.78, 5) is 16.5. The van der Waals surface area contributed by atoms with Gasteiger partial charge in [-0.2, -0.15) is 0 Å². The maximum Gasteiger partial charge on any atom is 0.321 e. The van der Waals surface area contributed by atoms with Crippen LogP contribution in [0.1, 0.15) is 12.8 Å². The molecule has 2 amide bonds. The smallest absolute Gasteiger partial charge is 0.321 e. The maximum absolute atomic E-state index is 12.6. The molecule has 0 radical (unpaired) electrons. The van der Waals surface area contributed by atoms with E-state index in [-0.39, 0.29) is 6.03 Å². The van der Waals surface area contributed by atoms with Crippen LogP contribution in [0.2, 0.25) is 5.02 Å². The third kappa shape index (κ3) is 4.56. The van der Waals surface area contributed by atoms with E-state index in [2.05, 4.69) is 16.8 Å². The van der Waals surface area contributed by atoms with Crippen LogP contribution in [0.25, 0.3) is 0 Å². The molecule has 1 aliphatic carbocycles. The number of hydrogen-bond acceptors (Lipinski definition) is 2. The normalized spacial score (nSPS) is 18.6. The van der Waals surface area contributed by atoms with E-state index in [0.717, 1.165) is 24.2 Å². The fraction of sp³-hybridized carbons (Fsp3) is 0.316. The van der Waals surface area contributed by atoms with Crippen molar-refractivity contribution in [3.8, 4) is 0 Å². The molecule has 7 heteroatoms. The molecule has 1 N–H and O–H groups in total. The van der Waals surface area contributed by atoms with Crippen molar-refractivity contribution in [3.63, 3.8) is 0 Å². The number of hydrogen-bond donors (Lipinski definition) is 1. The second kappa shape index (κ2) is 8.38. The van der Waals surface area contributed by atoms with Crippen molar-refractivity contribution >= 4 is 46.5 Å². The van der Waals surface area contributed by atoms with Gasteiger partial charge in [-0.05, 0) is 36.3 Å². The largest absolute Gasteiger partial charge is 0.368 e. The SMILES string of the molecule is C=C1C=C(Cl)C(N2CCCN(C(=O)Nc3cccc(Cl)c3)CC2)=C(Cl)C1. The van der Waals surface area contributed by atoms with Crippen molar-refractivity contribution in [2.75, 3.05) is 31.5 Å². The summed E-state index contributed by atoms with van der Waals surface area (Å²) in [5.74, 6) is 0. The number of rotatable bonds is 2. The van der Waals surface area contributed by atoms with Gasteiger partial charge in [0.1, 0.15) is 0 Å². The number of nitrogens with zero attached hydrogens (tertiary/aromatic N) is 2. The van der Waals surface area contributed by atoms with Crippen LogP contribution in [0.5, 0.6) is 0 Å². The molecule has 1 aliphatic heterocycles. The first-order chi connectivity index (χ1) is 12.4. The predicted octanol–water partition coefficient (Wildman–Crippen LogP) is 5.41. The summed E-state index contributed by atoms with van der Waals surface area (Å²) in [7, 11) is 0. The van der Waals surface area contributed by atoms with Crippen LogP contribution < -0.4 is 5.32 Å². The van der Waals surface area contributed by atoms with Gasteiger partial charge in [0.2, 0.25) is 0 Å². The molecule has 1 fully saturated rings. The molecule has 0 unspecified atom stereocenters. The monoisotopic (exact) mass is 411 g/mol. The molecule has 4 nitrogen and oxygen atoms in total. The summed E-state index contributed by atoms with van der Waals surface area (Å²) in [6.45, 7) is 6.65. The molecular weight excluding hydrogens is 393 g/mol. The van der Waals surface area contributed by atoms with Gasteiger partial charge in [-0.1, -0.05) is 47.4 Å². The summed E-state index contributed by atoms with van der Waals surface area (Å²) in [5, 5.41) is 4.81. The van der Waals surface area contributed by atoms with E-state index in [4.69, 9.17) is 34.8 Å². The van der Waals surface area contributed by atoms with E-state index >= 15 is 0 Å². The highest BCUT2D eigenvalue weighted by Crippen LogP contribution is 2.35. The number of nitrogens with one attached hydrogen (secondary N) is 1. The third-order valence-corrected chi connectivity index (χ3v) is 5.21. The Morgan fingerprint density at radius 1 is 1.12 bits per heavy atom. The number of amides is 2. The molecule has 1 heterocycles. The van der Waals surface area contributed by atoms with Crippen LogP contribution in [-0.2, 0) is 0 Å². The van der Waals surface area contributed by atoms with Crippen LogP contribution in [0, 0.1) is 0 Å². The minimum absolute atomic E-state index is 0.132. The summed E-state index contributed by atoms with van der Waals surface area (Å²) >= 11 is 18.8. The van der Waals surface area contributed by atoms with E-state index in [1.807, 2.05) is 18.2 Å². The van der Waals surface area contributed by atoms with Crippen LogP contribution in [0.4, 0.5) is 10.5 Å². The average Bonchev–Trinajstić information content (AvgIpc) is 2.80. The van der Waals surface area contributed by atoms with E-state index in [0.29, 0.717) is 46.8 Å². The van der Waals surface area contributed by atoms with Gasteiger partial charge in [0.15, 0.2) is 0 Å². The van der Waals surface area contributed by atoms with Crippen molar-refractivity contribution in [2.45, 2.75) is 12.8 Å². The van der Waals surface area contributed by atoms with Crippen molar-refractivity contribution in [2.24, 2.45) is 0 Å². The number of anilines is 1. The van der Waals surface area contributed by atoms with Gasteiger partial charge in [-0.3, -0.25) is 0 Å². The molecule has 138 valence electrons. The zero-order valence-electron chi connectivity index (χ0n) is 14.3. The summed E-state index contributed by atoms with van der Waals surface area (Å²) in [6, 6.07) is 7.00. The van der Waals surface area contributed by atoms with Gasteiger partial charge >= 0.3 is 6.03 Å². The molecule has 2 aliphatic rings. The van der Waals surface area contributed by atoms with Crippen LogP contribution >= 0.6 is 34.8 Å². The number of carbonyl (C=O) groups is 1. The van der Waals surface area contributed by atoms with Crippen molar-refractivity contribution in [1.82, 2.24) is 9.80 Å². The Kier molecular flexibility index (Phi) is 6.17. The lowest BCUT2D eigenvalue weighted by Crippen LogP contribution is -2.38. The van der Waals surface area contributed by atoms with Crippen molar-refractivity contribution in [3.05, 3.63) is 63.3 Å². The summed E-state index contributed by atoms with van der Waals surface area (Å²) in [6.07, 6.45) is 3.31. The molecule has 0 saturated carbocycles. The molecule has 1 aromatic carbocycles. The minimum atomic E-state index is -0.132. The zero-order valence-corrected chi connectivity index (χ0v) is 16.5. The number of carbonyl (C=O) groups excluding carboxylic acids is 1. The van der Waals surface area contributed by atoms with E-state index < -0.39 is 0 Å². The molecule has 0 bridgehead atoms. The molecule has 1 saturated heterocycles. The zero-order chi connectivity index (χ0) is 18.7. The molecule has 1 aromatic rings. The van der Waals surface area contributed by atoms with Gasteiger partial charge < -0.3 is 15.1 Å². The first-order valence-corrected chi connectivity index (χ1v) is 9.58. The highest BCUT2D eigenvalue weighted by molar-refractivity contribution is 6.36. The van der Waals surface area contributed by atoms with Crippen LogP contribution in [0.3, 0.4) is 0 Å². The average molecular weight is 413 g/mol. The second-order valence-electron chi connectivity index (χ2n) is 6.35. The predicted molar refractivity (Wildman–Crippen MR) is 109 cm³/mol. The number of urea groups is 1. The van der Waals surface area contributed by atoms with Crippen molar-refractivity contribution in [1.29, 1.82) is 0 Å². The molecule has 26 heavy (non-hydrogen) atoms. The maximum atomic E-state index is 12.6. The summed E-state index contributed by atoms with van der Waals surface area (Å²) in [5.41, 5.74) is 2.45. The molecule has 0 spiro atoms. The van der Waals surface area contributed by atoms with Gasteiger partial charge in [0.05, 0.1) is 10.7 Å². The third-order valence-electron chi connectivity index (χ3n) is 4.37. The molecule has 0 atom stereocenters. The lowest BCUT2D eigenvalue weighted by molar-refractivity contribution is 0.213. The Morgan fingerprint density at radius 2 is 1.92 bits per heavy atom. The van der Waals surface area contributed by atoms with Crippen LogP contribution in [-0.4, -0.2) is 42.0 Å². The Balaban J connectivity index is 1.65. The quantitative estimate of drug-likeness (QED) is 0.704. The second-order valence-corrected chi connectivity index (χ2v) is 7.65. The lowest BCUT2D eigenvalue weighted by Gasteiger charge is -2.29. The van der Waals surface area contributed by atoms with Gasteiger partial charge in [0.25, 0.3) is 0 Å². The van der Waals surface area contributed by atoms with Gasteiger partial charge in [-0.15, -0.1) is 0 Å². The molecular formula is C19H20Cl3N3O. The Labute approximate surface area is 168 Å². The van der Waals surface area contributed by atoms with E-state index in [1.54, 1.807) is 17.0 Å². The van der Waals surface area contributed by atoms with E-state index in [1.165, 1.54) is 0 Å². The Bertz CT molecular complexity index is 788. The number of halogens is 3. The first kappa shape index (κ1) is 19.2. The van der Waals surface area contributed by atoms with Gasteiger partial charge in [0, 0.05) is 48.3 Å². The molecule has 3 rings (SSSR count). The topological polar surface area (TPSA) is 35.6 Å². The highest BCUT2D eigenvalue weighted by atomic mass is 35.5. The fourth-order valence-electron chi connectivity index (χ4n) is 3.15. The highest BCUT2D eigenvalue weighted by Gasteiger charge is 2.25. The summed E-state index contributed by atoms with van der Waals surface area (Å²) < 4.78 is 0. The Morgan fingerprint density at radius 3 is 2.65 bits per heavy atom. The minimum Gasteiger partial charge on any atom is -0.368 e. The Hall–Kier alpha value is -1.62. The standard InChI is InChI=1S/C19H20Cl3N3O/c1-13-10-16(21)18(17(22)11-13)24-6-3-7-25(9-8-24)19(26)23-15-5-2-4-14(20)12-15/h2,4-5,10,12H,1,3,6-9,11H2,(H,23,26).